The van der Waals surface area contributed by atoms with Crippen LogP contribution in [0.25, 0.3) is 9.75 Å². The quantitative estimate of drug-likeness (QED) is 0.144. The van der Waals surface area contributed by atoms with Crippen LogP contribution >= 0.6 is 51.2 Å². The first-order valence-electron chi connectivity index (χ1n) is 12.2. The Morgan fingerprint density at radius 2 is 1.33 bits per heavy atom. The second-order valence-corrected chi connectivity index (χ2v) is 12.2. The molecule has 0 aliphatic heterocycles. The van der Waals surface area contributed by atoms with Crippen molar-refractivity contribution in [2.75, 3.05) is 5.75 Å². The molecule has 0 aromatic carbocycles. The molecule has 30 heavy (non-hydrogen) atoms. The molecule has 0 aliphatic rings. The lowest BCUT2D eigenvalue weighted by atomic mass is 10.0. The van der Waals surface area contributed by atoms with Gasteiger partial charge in [-0.3, -0.25) is 0 Å². The van der Waals surface area contributed by atoms with Gasteiger partial charge in [0.05, 0.1) is 3.79 Å². The maximum absolute atomic E-state index is 4.32. The zero-order valence-electron chi connectivity index (χ0n) is 18.9. The highest BCUT2D eigenvalue weighted by Crippen LogP contribution is 2.40. The third-order valence-electron chi connectivity index (χ3n) is 5.88. The van der Waals surface area contributed by atoms with Crippen LogP contribution in [0.4, 0.5) is 0 Å². The Hall–Kier alpha value is 0.230. The number of hydrogen-bond donors (Lipinski definition) is 1. The van der Waals surface area contributed by atoms with E-state index in [-0.39, 0.29) is 0 Å². The molecule has 0 nitrogen and oxygen atoms in total. The summed E-state index contributed by atoms with van der Waals surface area (Å²) in [5, 5.41) is 2.27. The number of aryl methyl sites for hydroxylation is 2. The van der Waals surface area contributed by atoms with Gasteiger partial charge in [-0.1, -0.05) is 77.6 Å². The molecule has 0 unspecified atom stereocenters. The number of unbranched alkanes of at least 4 members (excludes halogenated alkanes) is 12. The zero-order valence-corrected chi connectivity index (χ0v) is 23.0. The molecule has 0 amide bonds. The van der Waals surface area contributed by atoms with Gasteiger partial charge in [0.15, 0.2) is 0 Å². The first kappa shape index (κ1) is 26.5. The predicted octanol–water partition coefficient (Wildman–Crippen LogP) is 10.7. The van der Waals surface area contributed by atoms with Crippen LogP contribution in [0.2, 0.25) is 0 Å². The smallest absolute Gasteiger partial charge is 0.0737 e. The molecule has 0 radical (unpaired) electrons. The lowest BCUT2D eigenvalue weighted by molar-refractivity contribution is 0.556. The standard InChI is InChI=1S/C26H41BrS3/c1-2-3-4-5-6-7-8-9-10-14-17-23-21-24(30-26(23)27)25-22(18-20-29-25)16-13-11-12-15-19-28/h18,20-21,28H,2-17,19H2,1H3. The average Bonchev–Trinajstić information content (AvgIpc) is 3.35. The molecule has 0 aliphatic carbocycles. The summed E-state index contributed by atoms with van der Waals surface area (Å²) in [4.78, 5) is 2.97. The van der Waals surface area contributed by atoms with Gasteiger partial charge in [0, 0.05) is 9.75 Å². The fourth-order valence-electron chi connectivity index (χ4n) is 4.02. The fourth-order valence-corrected chi connectivity index (χ4v) is 7.13. The van der Waals surface area contributed by atoms with Crippen molar-refractivity contribution in [2.45, 2.75) is 110 Å². The molecule has 0 bridgehead atoms. The van der Waals surface area contributed by atoms with Crippen LogP contribution in [0.5, 0.6) is 0 Å². The monoisotopic (exact) mass is 528 g/mol. The first-order chi connectivity index (χ1) is 14.8. The van der Waals surface area contributed by atoms with Crippen molar-refractivity contribution in [3.05, 3.63) is 32.4 Å². The fraction of sp³-hybridized carbons (Fsp3) is 0.692. The van der Waals surface area contributed by atoms with E-state index in [1.165, 1.54) is 122 Å². The molecular formula is C26H41BrS3. The third-order valence-corrected chi connectivity index (χ3v) is 9.30. The van der Waals surface area contributed by atoms with Crippen molar-refractivity contribution in [1.29, 1.82) is 0 Å². The maximum Gasteiger partial charge on any atom is 0.0737 e. The van der Waals surface area contributed by atoms with Crippen LogP contribution in [0.1, 0.15) is 108 Å². The molecule has 0 fully saturated rings. The minimum Gasteiger partial charge on any atom is -0.179 e. The lowest BCUT2D eigenvalue weighted by Gasteiger charge is -2.03. The van der Waals surface area contributed by atoms with E-state index in [1.807, 2.05) is 22.7 Å². The summed E-state index contributed by atoms with van der Waals surface area (Å²) in [5.41, 5.74) is 3.06. The summed E-state index contributed by atoms with van der Waals surface area (Å²) in [6.07, 6.45) is 21.7. The lowest BCUT2D eigenvalue weighted by Crippen LogP contribution is -1.87. The van der Waals surface area contributed by atoms with Gasteiger partial charge in [0.25, 0.3) is 0 Å². The van der Waals surface area contributed by atoms with Gasteiger partial charge in [-0.15, -0.1) is 22.7 Å². The van der Waals surface area contributed by atoms with Crippen molar-refractivity contribution < 1.29 is 0 Å². The van der Waals surface area contributed by atoms with Crippen LogP contribution in [0, 0.1) is 0 Å². The molecule has 0 atom stereocenters. The Bertz CT molecular complexity index is 674. The minimum absolute atomic E-state index is 1.02. The minimum atomic E-state index is 1.02. The van der Waals surface area contributed by atoms with Gasteiger partial charge in [0.2, 0.25) is 0 Å². The normalized spacial score (nSPS) is 11.4. The molecule has 2 aromatic rings. The zero-order chi connectivity index (χ0) is 21.4. The van der Waals surface area contributed by atoms with Crippen molar-refractivity contribution in [3.8, 4) is 9.75 Å². The van der Waals surface area contributed by atoms with Crippen LogP contribution in [0.15, 0.2) is 21.3 Å². The number of rotatable bonds is 18. The number of thiol groups is 1. The van der Waals surface area contributed by atoms with E-state index in [1.54, 1.807) is 5.56 Å². The molecule has 0 N–H and O–H groups in total. The van der Waals surface area contributed by atoms with E-state index in [9.17, 15) is 0 Å². The van der Waals surface area contributed by atoms with Crippen LogP contribution in [-0.2, 0) is 12.8 Å². The summed E-state index contributed by atoms with van der Waals surface area (Å²) in [6.45, 7) is 2.29. The third kappa shape index (κ3) is 10.2. The van der Waals surface area contributed by atoms with Gasteiger partial charge in [0.1, 0.15) is 0 Å². The number of thiophene rings is 2. The number of hydrogen-bond acceptors (Lipinski definition) is 3. The maximum atomic E-state index is 4.32. The van der Waals surface area contributed by atoms with E-state index in [2.05, 4.69) is 53.0 Å². The molecule has 4 heteroatoms. The van der Waals surface area contributed by atoms with Crippen LogP contribution in [0.3, 0.4) is 0 Å². The Morgan fingerprint density at radius 1 is 0.767 bits per heavy atom. The predicted molar refractivity (Wildman–Crippen MR) is 147 cm³/mol. The van der Waals surface area contributed by atoms with Crippen molar-refractivity contribution in [3.63, 3.8) is 0 Å². The molecular weight excluding hydrogens is 488 g/mol. The highest BCUT2D eigenvalue weighted by Gasteiger charge is 2.13. The van der Waals surface area contributed by atoms with Crippen molar-refractivity contribution >= 4 is 51.2 Å². The summed E-state index contributed by atoms with van der Waals surface area (Å²) in [6, 6.07) is 4.80. The van der Waals surface area contributed by atoms with E-state index < -0.39 is 0 Å². The molecule has 0 spiro atoms. The Kier molecular flexibility index (Phi) is 14.8. The summed E-state index contributed by atoms with van der Waals surface area (Å²) < 4.78 is 1.35. The summed E-state index contributed by atoms with van der Waals surface area (Å²) in [5.74, 6) is 1.02. The van der Waals surface area contributed by atoms with Gasteiger partial charge in [-0.05, 0) is 82.4 Å². The number of halogens is 1. The van der Waals surface area contributed by atoms with Gasteiger partial charge in [-0.2, -0.15) is 12.6 Å². The molecule has 0 saturated carbocycles. The van der Waals surface area contributed by atoms with Crippen LogP contribution in [-0.4, -0.2) is 5.75 Å². The second kappa shape index (κ2) is 16.8. The Labute approximate surface area is 207 Å². The molecule has 170 valence electrons. The molecule has 2 rings (SSSR count). The molecule has 2 aromatic heterocycles. The topological polar surface area (TPSA) is 0 Å². The Morgan fingerprint density at radius 3 is 1.97 bits per heavy atom. The molecule has 2 heterocycles. The van der Waals surface area contributed by atoms with Gasteiger partial charge >= 0.3 is 0 Å². The Balaban J connectivity index is 1.68. The van der Waals surface area contributed by atoms with Crippen molar-refractivity contribution in [2.24, 2.45) is 0 Å². The highest BCUT2D eigenvalue weighted by molar-refractivity contribution is 9.11. The first-order valence-corrected chi connectivity index (χ1v) is 15.3. The van der Waals surface area contributed by atoms with E-state index in [0.717, 1.165) is 5.75 Å². The van der Waals surface area contributed by atoms with Gasteiger partial charge < -0.3 is 0 Å². The second-order valence-electron chi connectivity index (χ2n) is 8.50. The van der Waals surface area contributed by atoms with Crippen LogP contribution < -0.4 is 0 Å². The van der Waals surface area contributed by atoms with Crippen molar-refractivity contribution in [1.82, 2.24) is 0 Å². The van der Waals surface area contributed by atoms with E-state index in [4.69, 9.17) is 0 Å². The van der Waals surface area contributed by atoms with Gasteiger partial charge in [-0.25, -0.2) is 0 Å². The van der Waals surface area contributed by atoms with E-state index >= 15 is 0 Å². The van der Waals surface area contributed by atoms with E-state index in [0.29, 0.717) is 0 Å². The molecule has 0 saturated heterocycles. The summed E-state index contributed by atoms with van der Waals surface area (Å²) >= 11 is 12.0. The SMILES string of the molecule is CCCCCCCCCCCCc1cc(-c2sccc2CCCCCCS)sc1Br. The highest BCUT2D eigenvalue weighted by atomic mass is 79.9. The average molecular weight is 530 g/mol. The summed E-state index contributed by atoms with van der Waals surface area (Å²) in [7, 11) is 0. The largest absolute Gasteiger partial charge is 0.179 e.